The van der Waals surface area contributed by atoms with E-state index >= 15 is 0 Å². The maximum Gasteiger partial charge on any atom is 0.234 e. The van der Waals surface area contributed by atoms with Gasteiger partial charge in [-0.2, -0.15) is 0 Å². The van der Waals surface area contributed by atoms with Crippen LogP contribution in [0.5, 0.6) is 0 Å². The predicted octanol–water partition coefficient (Wildman–Crippen LogP) is 5.91. The maximum atomic E-state index is 12.3. The fraction of sp³-hybridized carbons (Fsp3) is 0.250. The molecule has 4 nitrogen and oxygen atoms in total. The molecule has 0 aliphatic carbocycles. The van der Waals surface area contributed by atoms with Crippen molar-refractivity contribution in [3.63, 3.8) is 0 Å². The summed E-state index contributed by atoms with van der Waals surface area (Å²) in [6.45, 7) is 4.08. The Hall–Kier alpha value is -1.44. The standard InChI is InChI=1S/C20H19Br2N3OS/c1-3-20(2)24-18(13-4-6-14(21)7-5-13)19(25-20)27-12-17(26)23-16-10-8-15(22)9-11-16/h4-11H,3,12H2,1-2H3,(H,23,26). The number of amides is 1. The number of anilines is 1. The zero-order valence-corrected chi connectivity index (χ0v) is 19.0. The van der Waals surface area contributed by atoms with Gasteiger partial charge in [0.15, 0.2) is 0 Å². The molecule has 7 heteroatoms. The Bertz CT molecular complexity index is 894. The van der Waals surface area contributed by atoms with Crippen LogP contribution in [0.2, 0.25) is 0 Å². The molecule has 0 aromatic heterocycles. The molecule has 1 aliphatic rings. The van der Waals surface area contributed by atoms with Gasteiger partial charge in [0, 0.05) is 20.2 Å². The molecule has 0 bridgehead atoms. The van der Waals surface area contributed by atoms with Gasteiger partial charge in [0.1, 0.15) is 10.7 Å². The molecule has 1 atom stereocenters. The number of carbonyl (C=O) groups excluding carboxylic acids is 1. The van der Waals surface area contributed by atoms with Crippen molar-refractivity contribution < 1.29 is 4.79 Å². The highest BCUT2D eigenvalue weighted by atomic mass is 79.9. The van der Waals surface area contributed by atoms with Crippen molar-refractivity contribution in [1.29, 1.82) is 0 Å². The van der Waals surface area contributed by atoms with E-state index in [4.69, 9.17) is 9.98 Å². The summed E-state index contributed by atoms with van der Waals surface area (Å²) in [5.41, 5.74) is 2.17. The van der Waals surface area contributed by atoms with E-state index in [-0.39, 0.29) is 11.7 Å². The summed E-state index contributed by atoms with van der Waals surface area (Å²) in [5, 5.41) is 3.72. The molecule has 1 heterocycles. The molecule has 1 unspecified atom stereocenters. The molecule has 1 amide bonds. The molecule has 2 aromatic rings. The third kappa shape index (κ3) is 5.30. The van der Waals surface area contributed by atoms with Crippen molar-refractivity contribution in [2.45, 2.75) is 25.9 Å². The quantitative estimate of drug-likeness (QED) is 0.545. The number of hydrogen-bond donors (Lipinski definition) is 1. The van der Waals surface area contributed by atoms with Crippen LogP contribution < -0.4 is 5.32 Å². The summed E-state index contributed by atoms with van der Waals surface area (Å²) in [7, 11) is 0. The van der Waals surface area contributed by atoms with Crippen molar-refractivity contribution >= 4 is 66.0 Å². The minimum absolute atomic E-state index is 0.0646. The summed E-state index contributed by atoms with van der Waals surface area (Å²) in [5.74, 6) is 0.217. The van der Waals surface area contributed by atoms with Crippen LogP contribution in [0.3, 0.4) is 0 Å². The highest BCUT2D eigenvalue weighted by Gasteiger charge is 2.31. The topological polar surface area (TPSA) is 53.8 Å². The lowest BCUT2D eigenvalue weighted by atomic mass is 10.1. The molecule has 0 saturated carbocycles. The molecule has 2 aromatic carbocycles. The van der Waals surface area contributed by atoms with E-state index in [1.165, 1.54) is 11.8 Å². The van der Waals surface area contributed by atoms with Gasteiger partial charge in [0.2, 0.25) is 5.91 Å². The van der Waals surface area contributed by atoms with E-state index in [2.05, 4.69) is 44.1 Å². The summed E-state index contributed by atoms with van der Waals surface area (Å²) in [4.78, 5) is 21.9. The Morgan fingerprint density at radius 1 is 1.04 bits per heavy atom. The van der Waals surface area contributed by atoms with Crippen LogP contribution in [-0.4, -0.2) is 28.1 Å². The third-order valence-electron chi connectivity index (χ3n) is 4.15. The second-order valence-electron chi connectivity index (χ2n) is 6.30. The first-order valence-corrected chi connectivity index (χ1v) is 11.1. The molecule has 1 aliphatic heterocycles. The number of hydrogen-bond acceptors (Lipinski definition) is 4. The lowest BCUT2D eigenvalue weighted by Crippen LogP contribution is -2.17. The number of nitrogens with one attached hydrogen (secondary N) is 1. The summed E-state index contributed by atoms with van der Waals surface area (Å²) in [6, 6.07) is 15.5. The molecule has 27 heavy (non-hydrogen) atoms. The van der Waals surface area contributed by atoms with Gasteiger partial charge in [-0.25, -0.2) is 4.99 Å². The van der Waals surface area contributed by atoms with Gasteiger partial charge < -0.3 is 5.32 Å². The predicted molar refractivity (Wildman–Crippen MR) is 122 cm³/mol. The van der Waals surface area contributed by atoms with Crippen LogP contribution >= 0.6 is 43.6 Å². The number of thioether (sulfide) groups is 1. The number of carbonyl (C=O) groups is 1. The van der Waals surface area contributed by atoms with E-state index in [0.717, 1.165) is 37.4 Å². The summed E-state index contributed by atoms with van der Waals surface area (Å²) >= 11 is 8.27. The lowest BCUT2D eigenvalue weighted by molar-refractivity contribution is -0.113. The van der Waals surface area contributed by atoms with Gasteiger partial charge in [0.25, 0.3) is 0 Å². The SMILES string of the molecule is CCC1(C)N=C(SCC(=O)Nc2ccc(Br)cc2)C(c2ccc(Br)cc2)=N1. The van der Waals surface area contributed by atoms with E-state index in [0.29, 0.717) is 0 Å². The number of benzene rings is 2. The van der Waals surface area contributed by atoms with Crippen LogP contribution in [-0.2, 0) is 4.79 Å². The van der Waals surface area contributed by atoms with Crippen molar-refractivity contribution in [2.24, 2.45) is 9.98 Å². The Labute approximate surface area is 180 Å². The van der Waals surface area contributed by atoms with Crippen molar-refractivity contribution in [3.8, 4) is 0 Å². The Balaban J connectivity index is 1.70. The van der Waals surface area contributed by atoms with Crippen LogP contribution in [0.4, 0.5) is 5.69 Å². The normalized spacial score (nSPS) is 18.8. The molecule has 3 rings (SSSR count). The fourth-order valence-corrected chi connectivity index (χ4v) is 3.93. The van der Waals surface area contributed by atoms with Gasteiger partial charge in [-0.1, -0.05) is 62.7 Å². The average Bonchev–Trinajstić information content (AvgIpc) is 3.00. The van der Waals surface area contributed by atoms with Gasteiger partial charge >= 0.3 is 0 Å². The zero-order chi connectivity index (χ0) is 19.4. The molecule has 0 radical (unpaired) electrons. The van der Waals surface area contributed by atoms with Gasteiger partial charge in [-0.05, 0) is 49.7 Å². The van der Waals surface area contributed by atoms with E-state index in [9.17, 15) is 4.79 Å². The molecular weight excluding hydrogens is 490 g/mol. The number of nitrogens with zero attached hydrogens (tertiary/aromatic N) is 2. The third-order valence-corrected chi connectivity index (χ3v) is 6.17. The van der Waals surface area contributed by atoms with E-state index < -0.39 is 5.66 Å². The Morgan fingerprint density at radius 2 is 1.63 bits per heavy atom. The van der Waals surface area contributed by atoms with Crippen LogP contribution in [0.15, 0.2) is 67.5 Å². The summed E-state index contributed by atoms with van der Waals surface area (Å²) in [6.07, 6.45) is 0.808. The van der Waals surface area contributed by atoms with Gasteiger partial charge in [-0.3, -0.25) is 9.79 Å². The second kappa shape index (κ2) is 8.71. The fourth-order valence-electron chi connectivity index (χ4n) is 2.50. The molecule has 140 valence electrons. The van der Waals surface area contributed by atoms with Crippen LogP contribution in [0.1, 0.15) is 25.8 Å². The number of rotatable bonds is 5. The first-order valence-electron chi connectivity index (χ1n) is 8.53. The first-order chi connectivity index (χ1) is 12.9. The highest BCUT2D eigenvalue weighted by Crippen LogP contribution is 2.30. The maximum absolute atomic E-state index is 12.3. The van der Waals surface area contributed by atoms with E-state index in [1.807, 2.05) is 55.5 Å². The van der Waals surface area contributed by atoms with Crippen molar-refractivity contribution in [2.75, 3.05) is 11.1 Å². The van der Waals surface area contributed by atoms with Crippen molar-refractivity contribution in [1.82, 2.24) is 0 Å². The molecule has 0 spiro atoms. The minimum Gasteiger partial charge on any atom is -0.325 e. The molecule has 1 N–H and O–H groups in total. The van der Waals surface area contributed by atoms with E-state index in [1.54, 1.807) is 0 Å². The monoisotopic (exact) mass is 507 g/mol. The van der Waals surface area contributed by atoms with Crippen LogP contribution in [0.25, 0.3) is 0 Å². The lowest BCUT2D eigenvalue weighted by Gasteiger charge is -2.13. The Kier molecular flexibility index (Phi) is 6.55. The minimum atomic E-state index is -0.465. The first kappa shape index (κ1) is 20.3. The second-order valence-corrected chi connectivity index (χ2v) is 9.09. The number of halogens is 2. The largest absolute Gasteiger partial charge is 0.325 e. The Morgan fingerprint density at radius 3 is 2.22 bits per heavy atom. The molecule has 0 fully saturated rings. The van der Waals surface area contributed by atoms with Gasteiger partial charge in [0.05, 0.1) is 11.5 Å². The van der Waals surface area contributed by atoms with Crippen LogP contribution in [0, 0.1) is 0 Å². The molecular formula is C20H19Br2N3OS. The number of aliphatic imine (C=N–C) groups is 2. The summed E-state index contributed by atoms with van der Waals surface area (Å²) < 4.78 is 1.99. The highest BCUT2D eigenvalue weighted by molar-refractivity contribution is 9.10. The average molecular weight is 509 g/mol. The van der Waals surface area contributed by atoms with Gasteiger partial charge in [-0.15, -0.1) is 0 Å². The smallest absolute Gasteiger partial charge is 0.234 e. The zero-order valence-electron chi connectivity index (χ0n) is 15.0. The molecule has 0 saturated heterocycles. The van der Waals surface area contributed by atoms with Crippen molar-refractivity contribution in [3.05, 3.63) is 63.0 Å².